The van der Waals surface area contributed by atoms with Crippen molar-refractivity contribution in [3.05, 3.63) is 18.2 Å². The Morgan fingerprint density at radius 1 is 1.28 bits per heavy atom. The molecule has 1 aliphatic rings. The SMILES string of the molecule is CCOc1cccc(N2CCN(CCO)CC2)n1. The highest BCUT2D eigenvalue weighted by Crippen LogP contribution is 2.17. The number of ether oxygens (including phenoxy) is 1. The normalized spacial score (nSPS) is 16.9. The number of piperazine rings is 1. The van der Waals surface area contributed by atoms with Gasteiger partial charge in [0.1, 0.15) is 5.82 Å². The van der Waals surface area contributed by atoms with Gasteiger partial charge in [0, 0.05) is 38.8 Å². The van der Waals surface area contributed by atoms with Gasteiger partial charge >= 0.3 is 0 Å². The molecule has 18 heavy (non-hydrogen) atoms. The number of hydrogen-bond acceptors (Lipinski definition) is 5. The predicted molar refractivity (Wildman–Crippen MR) is 71.1 cm³/mol. The molecule has 0 aliphatic carbocycles. The molecule has 0 unspecified atom stereocenters. The van der Waals surface area contributed by atoms with Crippen molar-refractivity contribution in [1.29, 1.82) is 0 Å². The van der Waals surface area contributed by atoms with Crippen LogP contribution in [-0.2, 0) is 0 Å². The first-order valence-electron chi connectivity index (χ1n) is 6.51. The van der Waals surface area contributed by atoms with Crippen molar-refractivity contribution < 1.29 is 9.84 Å². The van der Waals surface area contributed by atoms with E-state index in [-0.39, 0.29) is 6.61 Å². The van der Waals surface area contributed by atoms with Gasteiger partial charge in [0.2, 0.25) is 5.88 Å². The Balaban J connectivity index is 1.94. The minimum atomic E-state index is 0.234. The van der Waals surface area contributed by atoms with E-state index in [9.17, 15) is 0 Å². The van der Waals surface area contributed by atoms with Crippen molar-refractivity contribution in [3.63, 3.8) is 0 Å². The fourth-order valence-electron chi connectivity index (χ4n) is 2.15. The van der Waals surface area contributed by atoms with Crippen molar-refractivity contribution in [1.82, 2.24) is 9.88 Å². The molecule has 0 radical (unpaired) electrons. The van der Waals surface area contributed by atoms with E-state index in [1.165, 1.54) is 0 Å². The van der Waals surface area contributed by atoms with Gasteiger partial charge in [0.05, 0.1) is 13.2 Å². The van der Waals surface area contributed by atoms with Crippen LogP contribution in [0, 0.1) is 0 Å². The van der Waals surface area contributed by atoms with Crippen molar-refractivity contribution >= 4 is 5.82 Å². The lowest BCUT2D eigenvalue weighted by atomic mass is 10.3. The molecule has 0 bridgehead atoms. The highest BCUT2D eigenvalue weighted by Gasteiger charge is 2.17. The van der Waals surface area contributed by atoms with E-state index in [1.54, 1.807) is 0 Å². The number of pyridine rings is 1. The highest BCUT2D eigenvalue weighted by atomic mass is 16.5. The Hall–Kier alpha value is -1.33. The first-order chi connectivity index (χ1) is 8.83. The van der Waals surface area contributed by atoms with E-state index in [4.69, 9.17) is 9.84 Å². The van der Waals surface area contributed by atoms with Crippen LogP contribution in [0.4, 0.5) is 5.82 Å². The van der Waals surface area contributed by atoms with Crippen molar-refractivity contribution in [3.8, 4) is 5.88 Å². The topological polar surface area (TPSA) is 48.8 Å². The Labute approximate surface area is 108 Å². The third-order valence-corrected chi connectivity index (χ3v) is 3.11. The standard InChI is InChI=1S/C13H21N3O2/c1-2-18-13-5-3-4-12(14-13)16-8-6-15(7-9-16)10-11-17/h3-5,17H,2,6-11H2,1H3. The lowest BCUT2D eigenvalue weighted by molar-refractivity contribution is 0.188. The van der Waals surface area contributed by atoms with Gasteiger partial charge in [0.15, 0.2) is 0 Å². The number of β-amino-alcohol motifs (C(OH)–C–C–N with tert-alkyl or cyclic N) is 1. The molecule has 1 aromatic rings. The molecule has 1 aliphatic heterocycles. The van der Waals surface area contributed by atoms with E-state index in [0.29, 0.717) is 12.5 Å². The third kappa shape index (κ3) is 3.34. The zero-order valence-electron chi connectivity index (χ0n) is 10.9. The maximum absolute atomic E-state index is 8.91. The van der Waals surface area contributed by atoms with E-state index in [0.717, 1.165) is 38.5 Å². The zero-order chi connectivity index (χ0) is 12.8. The van der Waals surface area contributed by atoms with Crippen LogP contribution in [0.15, 0.2) is 18.2 Å². The number of aliphatic hydroxyl groups excluding tert-OH is 1. The summed E-state index contributed by atoms with van der Waals surface area (Å²) in [6, 6.07) is 5.88. The number of aromatic nitrogens is 1. The molecule has 5 nitrogen and oxygen atoms in total. The second-order valence-corrected chi connectivity index (χ2v) is 4.32. The van der Waals surface area contributed by atoms with Gasteiger partial charge in [-0.1, -0.05) is 6.07 Å². The summed E-state index contributed by atoms with van der Waals surface area (Å²) in [7, 11) is 0. The smallest absolute Gasteiger partial charge is 0.215 e. The maximum atomic E-state index is 8.91. The molecule has 0 aromatic carbocycles. The van der Waals surface area contributed by atoms with Gasteiger partial charge in [-0.15, -0.1) is 0 Å². The maximum Gasteiger partial charge on any atom is 0.215 e. The zero-order valence-corrected chi connectivity index (χ0v) is 10.9. The van der Waals surface area contributed by atoms with E-state index in [1.807, 2.05) is 25.1 Å². The molecule has 0 saturated carbocycles. The van der Waals surface area contributed by atoms with Gasteiger partial charge in [-0.05, 0) is 13.0 Å². The van der Waals surface area contributed by atoms with Gasteiger partial charge in [-0.2, -0.15) is 4.98 Å². The highest BCUT2D eigenvalue weighted by molar-refractivity contribution is 5.41. The van der Waals surface area contributed by atoms with Gasteiger partial charge in [-0.25, -0.2) is 0 Å². The molecule has 1 fully saturated rings. The largest absolute Gasteiger partial charge is 0.478 e. The second kappa shape index (κ2) is 6.56. The van der Waals surface area contributed by atoms with Crippen LogP contribution in [0.5, 0.6) is 5.88 Å². The summed E-state index contributed by atoms with van der Waals surface area (Å²) in [5.41, 5.74) is 0. The summed E-state index contributed by atoms with van der Waals surface area (Å²) < 4.78 is 5.42. The van der Waals surface area contributed by atoms with Crippen LogP contribution in [0.25, 0.3) is 0 Å². The molecule has 1 N–H and O–H groups in total. The van der Waals surface area contributed by atoms with Crippen molar-refractivity contribution in [2.75, 3.05) is 50.8 Å². The molecular weight excluding hydrogens is 230 g/mol. The lowest BCUT2D eigenvalue weighted by Gasteiger charge is -2.35. The van der Waals surface area contributed by atoms with Gasteiger partial charge in [-0.3, -0.25) is 4.90 Å². The molecule has 1 aromatic heterocycles. The monoisotopic (exact) mass is 251 g/mol. The predicted octanol–water partition coefficient (Wildman–Crippen LogP) is 0.595. The summed E-state index contributed by atoms with van der Waals surface area (Å²) in [5, 5.41) is 8.91. The third-order valence-electron chi connectivity index (χ3n) is 3.11. The number of hydrogen-bond donors (Lipinski definition) is 1. The summed E-state index contributed by atoms with van der Waals surface area (Å²) in [5.74, 6) is 1.66. The van der Waals surface area contributed by atoms with E-state index >= 15 is 0 Å². The Kier molecular flexibility index (Phi) is 4.78. The fraction of sp³-hybridized carbons (Fsp3) is 0.615. The Morgan fingerprint density at radius 3 is 2.72 bits per heavy atom. The van der Waals surface area contributed by atoms with Crippen LogP contribution in [0.3, 0.4) is 0 Å². The summed E-state index contributed by atoms with van der Waals surface area (Å²) in [6.45, 7) is 7.44. The van der Waals surface area contributed by atoms with Gasteiger partial charge in [0.25, 0.3) is 0 Å². The Morgan fingerprint density at radius 2 is 2.06 bits per heavy atom. The quantitative estimate of drug-likeness (QED) is 0.830. The minimum absolute atomic E-state index is 0.234. The summed E-state index contributed by atoms with van der Waals surface area (Å²) in [4.78, 5) is 9.02. The molecule has 0 spiro atoms. The molecule has 2 rings (SSSR count). The summed E-state index contributed by atoms with van der Waals surface area (Å²) >= 11 is 0. The van der Waals surface area contributed by atoms with Crippen LogP contribution >= 0.6 is 0 Å². The number of anilines is 1. The summed E-state index contributed by atoms with van der Waals surface area (Å²) in [6.07, 6.45) is 0. The molecule has 2 heterocycles. The molecule has 100 valence electrons. The van der Waals surface area contributed by atoms with E-state index in [2.05, 4.69) is 14.8 Å². The van der Waals surface area contributed by atoms with Gasteiger partial charge < -0.3 is 14.7 Å². The van der Waals surface area contributed by atoms with Crippen molar-refractivity contribution in [2.45, 2.75) is 6.92 Å². The van der Waals surface area contributed by atoms with Crippen LogP contribution < -0.4 is 9.64 Å². The first-order valence-corrected chi connectivity index (χ1v) is 6.51. The van der Waals surface area contributed by atoms with Crippen LogP contribution in [-0.4, -0.2) is 60.9 Å². The second-order valence-electron chi connectivity index (χ2n) is 4.32. The average molecular weight is 251 g/mol. The molecule has 5 heteroatoms. The average Bonchev–Trinajstić information content (AvgIpc) is 2.41. The first kappa shape index (κ1) is 13.1. The van der Waals surface area contributed by atoms with Crippen LogP contribution in [0.1, 0.15) is 6.92 Å². The number of aliphatic hydroxyl groups is 1. The minimum Gasteiger partial charge on any atom is -0.478 e. The molecular formula is C13H21N3O2. The lowest BCUT2D eigenvalue weighted by Crippen LogP contribution is -2.47. The van der Waals surface area contributed by atoms with Crippen LogP contribution in [0.2, 0.25) is 0 Å². The Bertz CT molecular complexity index is 365. The van der Waals surface area contributed by atoms with Crippen molar-refractivity contribution in [2.24, 2.45) is 0 Å². The molecule has 0 amide bonds. The number of nitrogens with zero attached hydrogens (tertiary/aromatic N) is 3. The number of rotatable bonds is 5. The molecule has 1 saturated heterocycles. The molecule has 0 atom stereocenters. The van der Waals surface area contributed by atoms with E-state index < -0.39 is 0 Å². The fourth-order valence-corrected chi connectivity index (χ4v) is 2.15.